The molecule has 0 heterocycles. The molecule has 0 N–H and O–H groups in total. The van der Waals surface area contributed by atoms with Crippen molar-refractivity contribution in [3.8, 4) is 0 Å². The molecule has 0 saturated heterocycles. The van der Waals surface area contributed by atoms with Crippen LogP contribution in [0.3, 0.4) is 0 Å². The van der Waals surface area contributed by atoms with Crippen molar-refractivity contribution < 1.29 is 8.42 Å². The van der Waals surface area contributed by atoms with Crippen molar-refractivity contribution >= 4 is 21.4 Å². The lowest BCUT2D eigenvalue weighted by Gasteiger charge is -2.20. The molecule has 0 unspecified atom stereocenters. The maximum absolute atomic E-state index is 11.3. The lowest BCUT2D eigenvalue weighted by Crippen LogP contribution is -2.29. The largest absolute Gasteiger partial charge is 0.302 e. The summed E-state index contributed by atoms with van der Waals surface area (Å²) in [4.78, 5) is 2.25. The van der Waals surface area contributed by atoms with Gasteiger partial charge in [-0.3, -0.25) is 0 Å². The van der Waals surface area contributed by atoms with Crippen molar-refractivity contribution in [3.63, 3.8) is 0 Å². The molecule has 0 aliphatic heterocycles. The van der Waals surface area contributed by atoms with Gasteiger partial charge >= 0.3 is 0 Å². The van der Waals surface area contributed by atoms with Gasteiger partial charge in [0, 0.05) is 18.2 Å². The first-order valence-corrected chi connectivity index (χ1v) is 8.40. The molecule has 16 heavy (non-hydrogen) atoms. The Balaban J connectivity index is 3.83. The minimum absolute atomic E-state index is 0.247. The molecule has 0 aromatic heterocycles. The van der Waals surface area contributed by atoms with E-state index in [0.29, 0.717) is 11.6 Å². The SMILES string of the molecule is CCCCN(CCCl)CCCS(=O)(=O)CC. The van der Waals surface area contributed by atoms with E-state index >= 15 is 0 Å². The van der Waals surface area contributed by atoms with Crippen LogP contribution in [0.25, 0.3) is 0 Å². The summed E-state index contributed by atoms with van der Waals surface area (Å²) in [6.07, 6.45) is 3.03. The van der Waals surface area contributed by atoms with E-state index < -0.39 is 9.84 Å². The van der Waals surface area contributed by atoms with Gasteiger partial charge in [0.2, 0.25) is 0 Å². The second-order valence-corrected chi connectivity index (χ2v) is 6.82. The molecule has 0 saturated carbocycles. The van der Waals surface area contributed by atoms with E-state index in [9.17, 15) is 8.42 Å². The highest BCUT2D eigenvalue weighted by molar-refractivity contribution is 7.91. The summed E-state index contributed by atoms with van der Waals surface area (Å²) in [5.74, 6) is 1.16. The standard InChI is InChI=1S/C11H24ClNO2S/c1-3-5-8-13(10-7-12)9-6-11-16(14,15)4-2/h3-11H2,1-2H3. The molecule has 5 heteroatoms. The quantitative estimate of drug-likeness (QED) is 0.571. The Morgan fingerprint density at radius 2 is 1.69 bits per heavy atom. The predicted molar refractivity (Wildman–Crippen MR) is 71.0 cm³/mol. The highest BCUT2D eigenvalue weighted by atomic mass is 35.5. The van der Waals surface area contributed by atoms with Gasteiger partial charge in [0.25, 0.3) is 0 Å². The monoisotopic (exact) mass is 269 g/mol. The van der Waals surface area contributed by atoms with Crippen molar-refractivity contribution in [2.24, 2.45) is 0 Å². The molecule has 0 fully saturated rings. The zero-order valence-corrected chi connectivity index (χ0v) is 12.0. The van der Waals surface area contributed by atoms with Crippen LogP contribution in [0.5, 0.6) is 0 Å². The Hall–Kier alpha value is 0.200. The summed E-state index contributed by atoms with van der Waals surface area (Å²) >= 11 is 5.71. The summed E-state index contributed by atoms with van der Waals surface area (Å²) in [7, 11) is -2.81. The second-order valence-electron chi connectivity index (χ2n) is 3.97. The molecule has 0 aliphatic carbocycles. The van der Waals surface area contributed by atoms with Crippen LogP contribution in [-0.2, 0) is 9.84 Å². The lowest BCUT2D eigenvalue weighted by atomic mass is 10.3. The van der Waals surface area contributed by atoms with Crippen LogP contribution in [0.1, 0.15) is 33.1 Å². The third-order valence-corrected chi connectivity index (χ3v) is 4.56. The molecule has 0 bridgehead atoms. The van der Waals surface area contributed by atoms with Crippen LogP contribution in [-0.4, -0.2) is 50.3 Å². The fourth-order valence-corrected chi connectivity index (χ4v) is 2.59. The zero-order chi connectivity index (χ0) is 12.4. The van der Waals surface area contributed by atoms with Crippen molar-refractivity contribution in [2.75, 3.05) is 37.0 Å². The molecular weight excluding hydrogens is 246 g/mol. The van der Waals surface area contributed by atoms with Gasteiger partial charge in [0.05, 0.1) is 5.75 Å². The molecule has 0 aromatic rings. The summed E-state index contributed by atoms with van der Waals surface area (Å²) < 4.78 is 22.6. The van der Waals surface area contributed by atoms with E-state index in [-0.39, 0.29) is 5.75 Å². The first-order chi connectivity index (χ1) is 7.55. The molecule has 0 rings (SSSR count). The van der Waals surface area contributed by atoms with E-state index in [1.54, 1.807) is 6.92 Å². The van der Waals surface area contributed by atoms with Crippen LogP contribution in [0.15, 0.2) is 0 Å². The highest BCUT2D eigenvalue weighted by Crippen LogP contribution is 2.00. The average Bonchev–Trinajstić information content (AvgIpc) is 2.25. The van der Waals surface area contributed by atoms with Crippen LogP contribution in [0.4, 0.5) is 0 Å². The summed E-state index contributed by atoms with van der Waals surface area (Å²) in [5, 5.41) is 0. The van der Waals surface area contributed by atoms with Gasteiger partial charge in [-0.15, -0.1) is 11.6 Å². The number of rotatable bonds is 10. The van der Waals surface area contributed by atoms with Crippen LogP contribution in [0, 0.1) is 0 Å². The van der Waals surface area contributed by atoms with E-state index in [4.69, 9.17) is 11.6 Å². The molecule has 0 aliphatic rings. The van der Waals surface area contributed by atoms with Gasteiger partial charge in [0.1, 0.15) is 9.84 Å². The van der Waals surface area contributed by atoms with Crippen molar-refractivity contribution in [3.05, 3.63) is 0 Å². The molecule has 0 amide bonds. The molecule has 0 radical (unpaired) electrons. The second kappa shape index (κ2) is 9.25. The van der Waals surface area contributed by atoms with E-state index in [1.165, 1.54) is 0 Å². The smallest absolute Gasteiger partial charge is 0.150 e. The number of hydrogen-bond donors (Lipinski definition) is 0. The van der Waals surface area contributed by atoms with Gasteiger partial charge in [-0.05, 0) is 25.9 Å². The molecule has 0 aromatic carbocycles. The molecule has 0 atom stereocenters. The molecule has 3 nitrogen and oxygen atoms in total. The normalized spacial score (nSPS) is 12.2. The van der Waals surface area contributed by atoms with Crippen molar-refractivity contribution in [1.29, 1.82) is 0 Å². The Morgan fingerprint density at radius 1 is 1.06 bits per heavy atom. The molecule has 0 spiro atoms. The summed E-state index contributed by atoms with van der Waals surface area (Å²) in [6, 6.07) is 0. The molecular formula is C11H24ClNO2S. The summed E-state index contributed by atoms with van der Waals surface area (Å²) in [6.45, 7) is 6.57. The number of nitrogens with zero attached hydrogens (tertiary/aromatic N) is 1. The van der Waals surface area contributed by atoms with Crippen molar-refractivity contribution in [1.82, 2.24) is 4.90 Å². The van der Waals surface area contributed by atoms with Crippen LogP contribution >= 0.6 is 11.6 Å². The number of alkyl halides is 1. The average molecular weight is 270 g/mol. The van der Waals surface area contributed by atoms with Gasteiger partial charge in [-0.1, -0.05) is 20.3 Å². The van der Waals surface area contributed by atoms with E-state index in [0.717, 1.165) is 38.9 Å². The predicted octanol–water partition coefficient (Wildman–Crippen LogP) is 2.15. The first kappa shape index (κ1) is 16.2. The van der Waals surface area contributed by atoms with Crippen LogP contribution < -0.4 is 0 Å². The van der Waals surface area contributed by atoms with Crippen molar-refractivity contribution in [2.45, 2.75) is 33.1 Å². The Morgan fingerprint density at radius 3 is 2.19 bits per heavy atom. The number of halogens is 1. The minimum atomic E-state index is -2.81. The van der Waals surface area contributed by atoms with E-state index in [1.807, 2.05) is 0 Å². The molecule has 98 valence electrons. The maximum Gasteiger partial charge on any atom is 0.150 e. The number of sulfone groups is 1. The lowest BCUT2D eigenvalue weighted by molar-refractivity contribution is 0.286. The Labute approximate surface area is 105 Å². The third-order valence-electron chi connectivity index (χ3n) is 2.60. The topological polar surface area (TPSA) is 37.4 Å². The fraction of sp³-hybridized carbons (Fsp3) is 1.00. The highest BCUT2D eigenvalue weighted by Gasteiger charge is 2.09. The van der Waals surface area contributed by atoms with Gasteiger partial charge in [-0.25, -0.2) is 8.42 Å². The van der Waals surface area contributed by atoms with Crippen LogP contribution in [0.2, 0.25) is 0 Å². The number of unbranched alkanes of at least 4 members (excludes halogenated alkanes) is 1. The Bertz CT molecular complexity index is 255. The van der Waals surface area contributed by atoms with Gasteiger partial charge < -0.3 is 4.90 Å². The first-order valence-electron chi connectivity index (χ1n) is 6.04. The Kier molecular flexibility index (Phi) is 9.37. The number of hydrogen-bond acceptors (Lipinski definition) is 3. The minimum Gasteiger partial charge on any atom is -0.302 e. The zero-order valence-electron chi connectivity index (χ0n) is 10.4. The van der Waals surface area contributed by atoms with Gasteiger partial charge in [0.15, 0.2) is 0 Å². The fourth-order valence-electron chi connectivity index (χ4n) is 1.49. The third kappa shape index (κ3) is 8.36. The summed E-state index contributed by atoms with van der Waals surface area (Å²) in [5.41, 5.74) is 0. The maximum atomic E-state index is 11.3. The van der Waals surface area contributed by atoms with Gasteiger partial charge in [-0.2, -0.15) is 0 Å². The van der Waals surface area contributed by atoms with E-state index in [2.05, 4.69) is 11.8 Å².